The molecule has 9 heteroatoms. The second kappa shape index (κ2) is 6.35. The molecule has 0 saturated carbocycles. The van der Waals surface area contributed by atoms with Gasteiger partial charge in [0.05, 0.1) is 22.0 Å². The third kappa shape index (κ3) is 3.57. The second-order valence-corrected chi connectivity index (χ2v) is 4.97. The van der Waals surface area contributed by atoms with E-state index in [4.69, 9.17) is 4.74 Å². The Hall–Kier alpha value is -2.42. The monoisotopic (exact) mass is 308 g/mol. The molecule has 0 saturated heterocycles. The third-order valence-corrected chi connectivity index (χ3v) is 3.37. The van der Waals surface area contributed by atoms with Crippen LogP contribution in [0.4, 0.5) is 5.69 Å². The number of esters is 1. The molecule has 1 aromatic heterocycles. The molecule has 1 heterocycles. The van der Waals surface area contributed by atoms with Gasteiger partial charge in [-0.25, -0.2) is 9.78 Å². The fourth-order valence-electron chi connectivity index (χ4n) is 1.55. The zero-order valence-corrected chi connectivity index (χ0v) is 12.1. The molecule has 1 N–H and O–H groups in total. The van der Waals surface area contributed by atoms with Gasteiger partial charge in [-0.2, -0.15) is 0 Å². The number of rotatable bonds is 5. The molecule has 0 aliphatic rings. The molecular formula is C12H12N4O4S. The fourth-order valence-corrected chi connectivity index (χ4v) is 2.40. The van der Waals surface area contributed by atoms with Gasteiger partial charge in [0.1, 0.15) is 5.82 Å². The van der Waals surface area contributed by atoms with Gasteiger partial charge in [0.15, 0.2) is 0 Å². The maximum atomic E-state index is 11.6. The predicted molar refractivity (Wildman–Crippen MR) is 74.3 cm³/mol. The second-order valence-electron chi connectivity index (χ2n) is 3.97. The van der Waals surface area contributed by atoms with Crippen LogP contribution in [0.15, 0.2) is 28.3 Å². The van der Waals surface area contributed by atoms with Crippen LogP contribution in [-0.2, 0) is 4.74 Å². The molecule has 1 aromatic carbocycles. The van der Waals surface area contributed by atoms with Gasteiger partial charge in [0.2, 0.25) is 5.16 Å². The Morgan fingerprint density at radius 3 is 2.86 bits per heavy atom. The van der Waals surface area contributed by atoms with E-state index in [0.29, 0.717) is 15.9 Å². The molecule has 0 atom stereocenters. The van der Waals surface area contributed by atoms with Gasteiger partial charge in [-0.3, -0.25) is 15.2 Å². The van der Waals surface area contributed by atoms with Gasteiger partial charge in [-0.1, -0.05) is 0 Å². The summed E-state index contributed by atoms with van der Waals surface area (Å²) in [7, 11) is 0. The van der Waals surface area contributed by atoms with Gasteiger partial charge >= 0.3 is 5.97 Å². The van der Waals surface area contributed by atoms with Gasteiger partial charge in [0.25, 0.3) is 5.69 Å². The summed E-state index contributed by atoms with van der Waals surface area (Å²) in [6.07, 6.45) is 0. The standard InChI is InChI=1S/C12H12N4O4S/c1-3-20-11(17)8-4-5-10(9(6-8)16(18)19)21-12-13-7(2)14-15-12/h4-6H,3H2,1-2H3,(H,13,14,15). The molecule has 2 aromatic rings. The molecule has 8 nitrogen and oxygen atoms in total. The average molecular weight is 308 g/mol. The quantitative estimate of drug-likeness (QED) is 0.512. The average Bonchev–Trinajstić information content (AvgIpc) is 2.84. The number of nitrogens with zero attached hydrogens (tertiary/aromatic N) is 3. The predicted octanol–water partition coefficient (Wildman–Crippen LogP) is 2.35. The van der Waals surface area contributed by atoms with E-state index in [1.807, 2.05) is 0 Å². The summed E-state index contributed by atoms with van der Waals surface area (Å²) < 4.78 is 4.83. The Bertz CT molecular complexity index is 686. The Kier molecular flexibility index (Phi) is 4.53. The normalized spacial score (nSPS) is 10.4. The molecule has 110 valence electrons. The van der Waals surface area contributed by atoms with Crippen molar-refractivity contribution >= 4 is 23.4 Å². The van der Waals surface area contributed by atoms with E-state index in [1.165, 1.54) is 18.2 Å². The summed E-state index contributed by atoms with van der Waals surface area (Å²) in [6.45, 7) is 3.61. The number of nitro benzene ring substituents is 1. The first-order chi connectivity index (χ1) is 10.0. The summed E-state index contributed by atoms with van der Waals surface area (Å²) >= 11 is 1.05. The minimum Gasteiger partial charge on any atom is -0.462 e. The number of aryl methyl sites for hydroxylation is 1. The summed E-state index contributed by atoms with van der Waals surface area (Å²) in [6, 6.07) is 4.16. The summed E-state index contributed by atoms with van der Waals surface area (Å²) in [5.74, 6) is 0.0224. The maximum Gasteiger partial charge on any atom is 0.338 e. The van der Waals surface area contributed by atoms with E-state index >= 15 is 0 Å². The lowest BCUT2D eigenvalue weighted by molar-refractivity contribution is -0.387. The van der Waals surface area contributed by atoms with Crippen LogP contribution < -0.4 is 0 Å². The number of benzene rings is 1. The van der Waals surface area contributed by atoms with Gasteiger partial charge in [0, 0.05) is 6.07 Å². The first kappa shape index (κ1) is 15.0. The van der Waals surface area contributed by atoms with Crippen LogP contribution in [-0.4, -0.2) is 32.7 Å². The van der Waals surface area contributed by atoms with Crippen LogP contribution in [0.25, 0.3) is 0 Å². The zero-order valence-electron chi connectivity index (χ0n) is 11.3. The smallest absolute Gasteiger partial charge is 0.338 e. The fraction of sp³-hybridized carbons (Fsp3) is 0.250. The number of aromatic nitrogens is 3. The van der Waals surface area contributed by atoms with Crippen LogP contribution in [0.3, 0.4) is 0 Å². The highest BCUT2D eigenvalue weighted by molar-refractivity contribution is 7.99. The highest BCUT2D eigenvalue weighted by atomic mass is 32.2. The molecule has 0 amide bonds. The van der Waals surface area contributed by atoms with Gasteiger partial charge in [-0.05, 0) is 37.7 Å². The van der Waals surface area contributed by atoms with E-state index in [9.17, 15) is 14.9 Å². The van der Waals surface area contributed by atoms with Crippen molar-refractivity contribution in [3.63, 3.8) is 0 Å². The first-order valence-electron chi connectivity index (χ1n) is 6.03. The number of H-pyrrole nitrogens is 1. The topological polar surface area (TPSA) is 111 Å². The molecule has 0 radical (unpaired) electrons. The number of carbonyl (C=O) groups excluding carboxylic acids is 1. The Labute approximate surface area is 124 Å². The lowest BCUT2D eigenvalue weighted by Crippen LogP contribution is -2.05. The van der Waals surface area contributed by atoms with E-state index in [1.54, 1.807) is 13.8 Å². The molecule has 0 fully saturated rings. The van der Waals surface area contributed by atoms with Crippen LogP contribution in [0.2, 0.25) is 0 Å². The molecule has 21 heavy (non-hydrogen) atoms. The number of ether oxygens (including phenoxy) is 1. The van der Waals surface area contributed by atoms with Crippen molar-refractivity contribution in [2.75, 3.05) is 6.61 Å². The van der Waals surface area contributed by atoms with E-state index in [-0.39, 0.29) is 17.9 Å². The van der Waals surface area contributed by atoms with E-state index in [0.717, 1.165) is 11.8 Å². The van der Waals surface area contributed by atoms with Crippen LogP contribution in [0, 0.1) is 17.0 Å². The highest BCUT2D eigenvalue weighted by Crippen LogP contribution is 2.33. The van der Waals surface area contributed by atoms with Crippen molar-refractivity contribution in [1.82, 2.24) is 15.2 Å². The first-order valence-corrected chi connectivity index (χ1v) is 6.85. The number of nitro groups is 1. The summed E-state index contributed by atoms with van der Waals surface area (Å²) in [4.78, 5) is 26.6. The minimum absolute atomic E-state index is 0.138. The highest BCUT2D eigenvalue weighted by Gasteiger charge is 2.20. The molecule has 2 rings (SSSR count). The molecule has 0 bridgehead atoms. The number of carbonyl (C=O) groups is 1. The van der Waals surface area contributed by atoms with Gasteiger partial charge in [-0.15, -0.1) is 5.10 Å². The van der Waals surface area contributed by atoms with Gasteiger partial charge < -0.3 is 4.74 Å². The molecule has 0 unspecified atom stereocenters. The zero-order chi connectivity index (χ0) is 15.4. The van der Waals surface area contributed by atoms with Crippen molar-refractivity contribution in [3.8, 4) is 0 Å². The SMILES string of the molecule is CCOC(=O)c1ccc(Sc2n[nH]c(C)n2)c([N+](=O)[O-])c1. The number of nitrogens with one attached hydrogen (secondary N) is 1. The van der Waals surface area contributed by atoms with Crippen LogP contribution in [0.1, 0.15) is 23.1 Å². The minimum atomic E-state index is -0.592. The van der Waals surface area contributed by atoms with Crippen molar-refractivity contribution in [2.45, 2.75) is 23.9 Å². The van der Waals surface area contributed by atoms with Crippen molar-refractivity contribution < 1.29 is 14.5 Å². The number of aromatic amines is 1. The summed E-state index contributed by atoms with van der Waals surface area (Å²) in [5, 5.41) is 18.1. The summed E-state index contributed by atoms with van der Waals surface area (Å²) in [5.41, 5.74) is -0.0490. The van der Waals surface area contributed by atoms with Crippen LogP contribution in [0.5, 0.6) is 0 Å². The van der Waals surface area contributed by atoms with Crippen LogP contribution >= 0.6 is 11.8 Å². The van der Waals surface area contributed by atoms with Crippen molar-refractivity contribution in [1.29, 1.82) is 0 Å². The lowest BCUT2D eigenvalue weighted by atomic mass is 10.2. The van der Waals surface area contributed by atoms with E-state index < -0.39 is 10.9 Å². The largest absolute Gasteiger partial charge is 0.462 e. The Morgan fingerprint density at radius 1 is 1.52 bits per heavy atom. The number of hydrogen-bond donors (Lipinski definition) is 1. The molecular weight excluding hydrogens is 296 g/mol. The maximum absolute atomic E-state index is 11.6. The van der Waals surface area contributed by atoms with Crippen molar-refractivity contribution in [3.05, 3.63) is 39.7 Å². The molecule has 0 spiro atoms. The van der Waals surface area contributed by atoms with E-state index in [2.05, 4.69) is 15.2 Å². The lowest BCUT2D eigenvalue weighted by Gasteiger charge is -2.04. The Morgan fingerprint density at radius 2 is 2.29 bits per heavy atom. The number of hydrogen-bond acceptors (Lipinski definition) is 7. The molecule has 0 aliphatic heterocycles. The molecule has 0 aliphatic carbocycles. The third-order valence-electron chi connectivity index (χ3n) is 2.44. The van der Waals surface area contributed by atoms with Crippen molar-refractivity contribution in [2.24, 2.45) is 0 Å². The Balaban J connectivity index is 2.33.